The van der Waals surface area contributed by atoms with E-state index in [9.17, 15) is 9.90 Å². The molecule has 2 aromatic heterocycles. The van der Waals surface area contributed by atoms with Crippen LogP contribution in [0.4, 0.5) is 5.69 Å². The Morgan fingerprint density at radius 2 is 1.95 bits per heavy atom. The molecule has 0 bridgehead atoms. The van der Waals surface area contributed by atoms with Crippen LogP contribution in [0, 0.1) is 5.92 Å². The van der Waals surface area contributed by atoms with Crippen LogP contribution >= 0.6 is 0 Å². The number of anilines is 1. The number of carbonyl (C=O) groups is 1. The summed E-state index contributed by atoms with van der Waals surface area (Å²) in [7, 11) is 0. The zero-order valence-corrected chi connectivity index (χ0v) is 10.9. The highest BCUT2D eigenvalue weighted by atomic mass is 16.4. The van der Waals surface area contributed by atoms with Crippen molar-refractivity contribution < 1.29 is 9.90 Å². The Balaban J connectivity index is 1.89. The lowest BCUT2D eigenvalue weighted by atomic mass is 9.90. The normalized spacial score (nSPS) is 21.9. The van der Waals surface area contributed by atoms with E-state index in [-0.39, 0.29) is 5.92 Å². The van der Waals surface area contributed by atoms with Gasteiger partial charge in [0.05, 0.1) is 5.92 Å². The quantitative estimate of drug-likeness (QED) is 0.920. The molecule has 0 unspecified atom stereocenters. The monoisotopic (exact) mass is 269 g/mol. The molecule has 0 aromatic carbocycles. The molecule has 5 nitrogen and oxygen atoms in total. The predicted molar refractivity (Wildman–Crippen MR) is 74.6 cm³/mol. The van der Waals surface area contributed by atoms with Crippen LogP contribution in [0.15, 0.2) is 49.1 Å². The maximum absolute atomic E-state index is 11.5. The van der Waals surface area contributed by atoms with Crippen molar-refractivity contribution in [1.29, 1.82) is 0 Å². The van der Waals surface area contributed by atoms with E-state index in [2.05, 4.69) is 14.9 Å². The molecule has 5 heteroatoms. The van der Waals surface area contributed by atoms with E-state index in [1.54, 1.807) is 24.8 Å². The molecule has 0 aliphatic carbocycles. The van der Waals surface area contributed by atoms with Crippen LogP contribution < -0.4 is 4.90 Å². The molecule has 3 rings (SSSR count). The van der Waals surface area contributed by atoms with Crippen molar-refractivity contribution in [2.24, 2.45) is 5.92 Å². The van der Waals surface area contributed by atoms with E-state index in [0.717, 1.165) is 11.3 Å². The van der Waals surface area contributed by atoms with E-state index >= 15 is 0 Å². The standard InChI is InChI=1S/C15H15N3O2/c19-15(20)14-10-18(12-3-6-16-7-4-12)9-13(14)11-2-1-5-17-8-11/h1-8,13-14H,9-10H2,(H,19,20)/t13-,14+/m0/s1. The summed E-state index contributed by atoms with van der Waals surface area (Å²) in [5.41, 5.74) is 1.99. The van der Waals surface area contributed by atoms with Crippen LogP contribution in [0.25, 0.3) is 0 Å². The minimum atomic E-state index is -0.754. The minimum Gasteiger partial charge on any atom is -0.481 e. The first-order valence-corrected chi connectivity index (χ1v) is 6.53. The summed E-state index contributed by atoms with van der Waals surface area (Å²) in [4.78, 5) is 21.7. The molecule has 102 valence electrons. The lowest BCUT2D eigenvalue weighted by molar-refractivity contribution is -0.141. The van der Waals surface area contributed by atoms with Crippen molar-refractivity contribution in [2.75, 3.05) is 18.0 Å². The highest BCUT2D eigenvalue weighted by Gasteiger charge is 2.38. The molecule has 1 aliphatic rings. The Morgan fingerprint density at radius 3 is 2.60 bits per heavy atom. The molecule has 1 saturated heterocycles. The average molecular weight is 269 g/mol. The second-order valence-electron chi connectivity index (χ2n) is 4.95. The number of aliphatic carboxylic acids is 1. The Bertz CT molecular complexity index is 589. The van der Waals surface area contributed by atoms with Gasteiger partial charge in [0.1, 0.15) is 0 Å². The Labute approximate surface area is 116 Å². The molecule has 1 N–H and O–H groups in total. The van der Waals surface area contributed by atoms with E-state index in [0.29, 0.717) is 13.1 Å². The summed E-state index contributed by atoms with van der Waals surface area (Å²) < 4.78 is 0. The molecule has 0 radical (unpaired) electrons. The summed E-state index contributed by atoms with van der Waals surface area (Å²) in [6.45, 7) is 1.20. The first-order valence-electron chi connectivity index (χ1n) is 6.53. The van der Waals surface area contributed by atoms with Gasteiger partial charge in [-0.25, -0.2) is 0 Å². The van der Waals surface area contributed by atoms with Gasteiger partial charge in [-0.2, -0.15) is 0 Å². The van der Waals surface area contributed by atoms with Crippen molar-refractivity contribution >= 4 is 11.7 Å². The molecule has 0 amide bonds. The van der Waals surface area contributed by atoms with Gasteiger partial charge in [-0.3, -0.25) is 14.8 Å². The highest BCUT2D eigenvalue weighted by Crippen LogP contribution is 2.34. The van der Waals surface area contributed by atoms with Gasteiger partial charge in [-0.1, -0.05) is 6.07 Å². The second-order valence-corrected chi connectivity index (χ2v) is 4.95. The third-order valence-electron chi connectivity index (χ3n) is 3.78. The topological polar surface area (TPSA) is 66.3 Å². The number of hydrogen-bond acceptors (Lipinski definition) is 4. The van der Waals surface area contributed by atoms with Crippen molar-refractivity contribution in [1.82, 2.24) is 9.97 Å². The number of nitrogens with zero attached hydrogens (tertiary/aromatic N) is 3. The van der Waals surface area contributed by atoms with Gasteiger partial charge in [0.2, 0.25) is 0 Å². The molecular weight excluding hydrogens is 254 g/mol. The Hall–Kier alpha value is -2.43. The molecule has 1 fully saturated rings. The maximum Gasteiger partial charge on any atom is 0.308 e. The van der Waals surface area contributed by atoms with E-state index in [1.165, 1.54) is 0 Å². The fraction of sp³-hybridized carbons (Fsp3) is 0.267. The molecule has 0 saturated carbocycles. The number of carboxylic acid groups (broad SMARTS) is 1. The van der Waals surface area contributed by atoms with Crippen LogP contribution in [-0.2, 0) is 4.79 Å². The summed E-state index contributed by atoms with van der Waals surface area (Å²) >= 11 is 0. The van der Waals surface area contributed by atoms with Gasteiger partial charge in [0.15, 0.2) is 0 Å². The van der Waals surface area contributed by atoms with Crippen LogP contribution in [0.3, 0.4) is 0 Å². The lowest BCUT2D eigenvalue weighted by Gasteiger charge is -2.18. The van der Waals surface area contributed by atoms with Gasteiger partial charge in [0.25, 0.3) is 0 Å². The van der Waals surface area contributed by atoms with Gasteiger partial charge in [-0.05, 0) is 23.8 Å². The average Bonchev–Trinajstić information content (AvgIpc) is 2.94. The first kappa shape index (κ1) is 12.6. The summed E-state index contributed by atoms with van der Waals surface area (Å²) in [5.74, 6) is -1.20. The van der Waals surface area contributed by atoms with E-state index in [4.69, 9.17) is 0 Å². The number of rotatable bonds is 3. The van der Waals surface area contributed by atoms with Crippen LogP contribution in [0.2, 0.25) is 0 Å². The minimum absolute atomic E-state index is 0.0330. The van der Waals surface area contributed by atoms with Gasteiger partial charge < -0.3 is 10.0 Å². The second kappa shape index (κ2) is 5.28. The van der Waals surface area contributed by atoms with Crippen molar-refractivity contribution in [3.63, 3.8) is 0 Å². The molecule has 3 heterocycles. The maximum atomic E-state index is 11.5. The molecule has 20 heavy (non-hydrogen) atoms. The number of aromatic nitrogens is 2. The molecule has 1 aliphatic heterocycles. The fourth-order valence-corrected chi connectivity index (χ4v) is 2.75. The summed E-state index contributed by atoms with van der Waals surface area (Å²) in [6.07, 6.45) is 6.91. The molecule has 2 atom stereocenters. The largest absolute Gasteiger partial charge is 0.481 e. The summed E-state index contributed by atoms with van der Waals surface area (Å²) in [5, 5.41) is 9.45. The van der Waals surface area contributed by atoms with Crippen molar-refractivity contribution in [3.05, 3.63) is 54.6 Å². The molecule has 2 aromatic rings. The van der Waals surface area contributed by atoms with Crippen LogP contribution in [-0.4, -0.2) is 34.1 Å². The third-order valence-corrected chi connectivity index (χ3v) is 3.78. The van der Waals surface area contributed by atoms with Gasteiger partial charge >= 0.3 is 5.97 Å². The van der Waals surface area contributed by atoms with Gasteiger partial charge in [-0.15, -0.1) is 0 Å². The number of hydrogen-bond donors (Lipinski definition) is 1. The Kier molecular flexibility index (Phi) is 3.33. The molecule has 0 spiro atoms. The van der Waals surface area contributed by atoms with Crippen molar-refractivity contribution in [3.8, 4) is 0 Å². The first-order chi connectivity index (χ1) is 9.75. The third kappa shape index (κ3) is 2.34. The molecular formula is C15H15N3O2. The van der Waals surface area contributed by atoms with E-state index < -0.39 is 11.9 Å². The van der Waals surface area contributed by atoms with Crippen LogP contribution in [0.5, 0.6) is 0 Å². The smallest absolute Gasteiger partial charge is 0.308 e. The number of pyridine rings is 2. The predicted octanol–water partition coefficient (Wildman–Crippen LogP) is 1.78. The lowest BCUT2D eigenvalue weighted by Crippen LogP contribution is -2.23. The van der Waals surface area contributed by atoms with Gasteiger partial charge in [0, 0.05) is 49.5 Å². The Morgan fingerprint density at radius 1 is 1.15 bits per heavy atom. The highest BCUT2D eigenvalue weighted by molar-refractivity contribution is 5.74. The fourth-order valence-electron chi connectivity index (χ4n) is 2.75. The number of carboxylic acids is 1. The van der Waals surface area contributed by atoms with Crippen molar-refractivity contribution in [2.45, 2.75) is 5.92 Å². The SMILES string of the molecule is O=C(O)[C@@H]1CN(c2ccncc2)C[C@H]1c1cccnc1. The van der Waals surface area contributed by atoms with Crippen LogP contribution in [0.1, 0.15) is 11.5 Å². The van der Waals surface area contributed by atoms with E-state index in [1.807, 2.05) is 24.3 Å². The zero-order chi connectivity index (χ0) is 13.9. The summed E-state index contributed by atoms with van der Waals surface area (Å²) in [6, 6.07) is 7.61. The zero-order valence-electron chi connectivity index (χ0n) is 10.9.